The molecule has 17 heavy (non-hydrogen) atoms. The number of imidazole rings is 1. The molecule has 0 saturated carbocycles. The number of ether oxygens (including phenoxy) is 1. The summed E-state index contributed by atoms with van der Waals surface area (Å²) in [5, 5.41) is 0. The van der Waals surface area contributed by atoms with Crippen LogP contribution in [-0.4, -0.2) is 26.1 Å². The van der Waals surface area contributed by atoms with Crippen molar-refractivity contribution in [3.05, 3.63) is 18.3 Å². The van der Waals surface area contributed by atoms with Gasteiger partial charge in [-0.05, 0) is 25.7 Å². The SMILES string of the molecule is CCc1ncnc2c1ncn2C1CCCCO1. The normalized spacial score (nSPS) is 20.9. The van der Waals surface area contributed by atoms with E-state index in [9.17, 15) is 0 Å². The third kappa shape index (κ3) is 1.80. The van der Waals surface area contributed by atoms with Crippen molar-refractivity contribution in [2.75, 3.05) is 6.61 Å². The van der Waals surface area contributed by atoms with E-state index in [2.05, 4.69) is 21.9 Å². The first kappa shape index (κ1) is 10.7. The van der Waals surface area contributed by atoms with Gasteiger partial charge in [0, 0.05) is 6.61 Å². The molecule has 2 aromatic heterocycles. The van der Waals surface area contributed by atoms with Crippen LogP contribution < -0.4 is 0 Å². The second kappa shape index (κ2) is 4.41. The lowest BCUT2D eigenvalue weighted by atomic mass is 10.2. The van der Waals surface area contributed by atoms with E-state index < -0.39 is 0 Å². The zero-order valence-electron chi connectivity index (χ0n) is 9.96. The Morgan fingerprint density at radius 2 is 2.29 bits per heavy atom. The van der Waals surface area contributed by atoms with Gasteiger partial charge in [-0.1, -0.05) is 6.92 Å². The molecule has 3 rings (SSSR count). The Morgan fingerprint density at radius 1 is 1.35 bits per heavy atom. The molecule has 3 heterocycles. The van der Waals surface area contributed by atoms with Crippen LogP contribution in [0.5, 0.6) is 0 Å². The molecule has 5 nitrogen and oxygen atoms in total. The molecule has 1 fully saturated rings. The van der Waals surface area contributed by atoms with Crippen molar-refractivity contribution in [1.29, 1.82) is 0 Å². The number of fused-ring (bicyclic) bond motifs is 1. The van der Waals surface area contributed by atoms with Gasteiger partial charge in [-0.25, -0.2) is 15.0 Å². The van der Waals surface area contributed by atoms with Gasteiger partial charge in [0.2, 0.25) is 0 Å². The molecule has 2 aromatic rings. The number of nitrogens with zero attached hydrogens (tertiary/aromatic N) is 4. The van der Waals surface area contributed by atoms with Gasteiger partial charge in [-0.3, -0.25) is 4.57 Å². The van der Waals surface area contributed by atoms with Crippen LogP contribution in [0.25, 0.3) is 11.2 Å². The molecule has 1 atom stereocenters. The Labute approximate surface area is 99.9 Å². The fourth-order valence-corrected chi connectivity index (χ4v) is 2.31. The van der Waals surface area contributed by atoms with Crippen molar-refractivity contribution < 1.29 is 4.74 Å². The molecule has 0 N–H and O–H groups in total. The van der Waals surface area contributed by atoms with Crippen LogP contribution in [0.3, 0.4) is 0 Å². The minimum atomic E-state index is 0.0911. The van der Waals surface area contributed by atoms with Gasteiger partial charge >= 0.3 is 0 Å². The Hall–Kier alpha value is -1.49. The smallest absolute Gasteiger partial charge is 0.165 e. The second-order valence-electron chi connectivity index (χ2n) is 4.32. The fourth-order valence-electron chi connectivity index (χ4n) is 2.31. The predicted molar refractivity (Wildman–Crippen MR) is 63.5 cm³/mol. The molecular formula is C12H16N4O. The van der Waals surface area contributed by atoms with Gasteiger partial charge in [0.1, 0.15) is 18.1 Å². The largest absolute Gasteiger partial charge is 0.358 e. The molecule has 1 unspecified atom stereocenters. The quantitative estimate of drug-likeness (QED) is 0.795. The lowest BCUT2D eigenvalue weighted by Crippen LogP contribution is -2.17. The standard InChI is InChI=1S/C12H16N4O/c1-2-9-11-12(14-7-13-9)16(8-15-11)10-5-3-4-6-17-10/h7-8,10H,2-6H2,1H3. The maximum absolute atomic E-state index is 5.77. The van der Waals surface area contributed by atoms with E-state index in [1.807, 2.05) is 10.9 Å². The van der Waals surface area contributed by atoms with Crippen LogP contribution in [-0.2, 0) is 11.2 Å². The molecular weight excluding hydrogens is 216 g/mol. The first-order chi connectivity index (χ1) is 8.40. The molecule has 0 amide bonds. The third-order valence-electron chi connectivity index (χ3n) is 3.24. The second-order valence-corrected chi connectivity index (χ2v) is 4.32. The highest BCUT2D eigenvalue weighted by atomic mass is 16.5. The van der Waals surface area contributed by atoms with Crippen LogP contribution in [0.15, 0.2) is 12.7 Å². The third-order valence-corrected chi connectivity index (χ3v) is 3.24. The summed E-state index contributed by atoms with van der Waals surface area (Å²) in [6, 6.07) is 0. The summed E-state index contributed by atoms with van der Waals surface area (Å²) >= 11 is 0. The van der Waals surface area contributed by atoms with Gasteiger partial charge in [0.25, 0.3) is 0 Å². The number of rotatable bonds is 2. The number of hydrogen-bond acceptors (Lipinski definition) is 4. The minimum absolute atomic E-state index is 0.0911. The van der Waals surface area contributed by atoms with Gasteiger partial charge in [0.05, 0.1) is 12.0 Å². The van der Waals surface area contributed by atoms with E-state index in [0.717, 1.165) is 42.7 Å². The highest BCUT2D eigenvalue weighted by Crippen LogP contribution is 2.25. The molecule has 0 radical (unpaired) electrons. The van der Waals surface area contributed by atoms with Crippen molar-refractivity contribution in [3.8, 4) is 0 Å². The zero-order valence-corrected chi connectivity index (χ0v) is 9.96. The summed E-state index contributed by atoms with van der Waals surface area (Å²) in [4.78, 5) is 13.0. The summed E-state index contributed by atoms with van der Waals surface area (Å²) in [5.74, 6) is 0. The Morgan fingerprint density at radius 3 is 3.06 bits per heavy atom. The lowest BCUT2D eigenvalue weighted by Gasteiger charge is -2.23. The lowest BCUT2D eigenvalue weighted by molar-refractivity contribution is -0.0298. The van der Waals surface area contributed by atoms with Crippen molar-refractivity contribution in [2.45, 2.75) is 38.8 Å². The number of aryl methyl sites for hydroxylation is 1. The summed E-state index contributed by atoms with van der Waals surface area (Å²) in [7, 11) is 0. The molecule has 0 aromatic carbocycles. The van der Waals surface area contributed by atoms with Crippen LogP contribution >= 0.6 is 0 Å². The Balaban J connectivity index is 2.05. The van der Waals surface area contributed by atoms with E-state index in [1.54, 1.807) is 6.33 Å². The summed E-state index contributed by atoms with van der Waals surface area (Å²) < 4.78 is 7.80. The average Bonchev–Trinajstić information content (AvgIpc) is 2.83. The highest BCUT2D eigenvalue weighted by molar-refractivity contribution is 5.73. The van der Waals surface area contributed by atoms with Crippen molar-refractivity contribution >= 4 is 11.2 Å². The van der Waals surface area contributed by atoms with Crippen LogP contribution in [0.4, 0.5) is 0 Å². The predicted octanol–water partition coefficient (Wildman–Crippen LogP) is 2.09. The van der Waals surface area contributed by atoms with Crippen LogP contribution in [0.1, 0.15) is 38.1 Å². The Kier molecular flexibility index (Phi) is 2.76. The van der Waals surface area contributed by atoms with Gasteiger partial charge in [-0.15, -0.1) is 0 Å². The van der Waals surface area contributed by atoms with Crippen LogP contribution in [0, 0.1) is 0 Å². The summed E-state index contributed by atoms with van der Waals surface area (Å²) in [6.45, 7) is 2.91. The molecule has 0 aliphatic carbocycles. The Bertz CT molecular complexity index is 516. The fraction of sp³-hybridized carbons (Fsp3) is 0.583. The van der Waals surface area contributed by atoms with Gasteiger partial charge in [0.15, 0.2) is 5.65 Å². The first-order valence-corrected chi connectivity index (χ1v) is 6.18. The maximum atomic E-state index is 5.77. The van der Waals surface area contributed by atoms with Crippen LogP contribution in [0.2, 0.25) is 0 Å². The van der Waals surface area contributed by atoms with Gasteiger partial charge in [-0.2, -0.15) is 0 Å². The van der Waals surface area contributed by atoms with E-state index in [1.165, 1.54) is 6.42 Å². The summed E-state index contributed by atoms with van der Waals surface area (Å²) in [6.07, 6.45) is 7.80. The van der Waals surface area contributed by atoms with E-state index in [-0.39, 0.29) is 6.23 Å². The maximum Gasteiger partial charge on any atom is 0.165 e. The van der Waals surface area contributed by atoms with E-state index >= 15 is 0 Å². The molecule has 0 spiro atoms. The first-order valence-electron chi connectivity index (χ1n) is 6.18. The van der Waals surface area contributed by atoms with Crippen molar-refractivity contribution in [3.63, 3.8) is 0 Å². The molecule has 1 aliphatic heterocycles. The number of hydrogen-bond donors (Lipinski definition) is 0. The monoisotopic (exact) mass is 232 g/mol. The molecule has 1 aliphatic rings. The van der Waals surface area contributed by atoms with Crippen molar-refractivity contribution in [2.24, 2.45) is 0 Å². The molecule has 1 saturated heterocycles. The van der Waals surface area contributed by atoms with Crippen molar-refractivity contribution in [1.82, 2.24) is 19.5 Å². The topological polar surface area (TPSA) is 52.8 Å². The molecule has 5 heteroatoms. The summed E-state index contributed by atoms with van der Waals surface area (Å²) in [5.41, 5.74) is 2.80. The van der Waals surface area contributed by atoms with Gasteiger partial charge < -0.3 is 4.74 Å². The van der Waals surface area contributed by atoms with E-state index in [4.69, 9.17) is 4.74 Å². The highest BCUT2D eigenvalue weighted by Gasteiger charge is 2.19. The molecule has 0 bridgehead atoms. The zero-order chi connectivity index (χ0) is 11.7. The average molecular weight is 232 g/mol. The molecule has 90 valence electrons. The number of aromatic nitrogens is 4. The minimum Gasteiger partial charge on any atom is -0.358 e. The van der Waals surface area contributed by atoms with E-state index in [0.29, 0.717) is 0 Å².